The topological polar surface area (TPSA) is 104 Å². The average molecular weight is 626 g/mol. The zero-order chi connectivity index (χ0) is 31.4. The Labute approximate surface area is 256 Å². The fourth-order valence-corrected chi connectivity index (χ4v) is 5.21. The number of hydrogen-bond donors (Lipinski definition) is 0. The smallest absolute Gasteiger partial charge is 0.490 e. The first-order valence-corrected chi connectivity index (χ1v) is 14.4. The number of aromatic nitrogens is 2. The number of halogens is 3. The van der Waals surface area contributed by atoms with E-state index in [9.17, 15) is 23.3 Å². The van der Waals surface area contributed by atoms with E-state index in [2.05, 4.69) is 19.5 Å². The number of hydrogen-bond acceptors (Lipinski definition) is 9. The number of nitrogens with zero attached hydrogens (tertiary/aromatic N) is 5. The van der Waals surface area contributed by atoms with E-state index in [-0.39, 0.29) is 30.3 Å². The fourth-order valence-electron chi connectivity index (χ4n) is 5.21. The van der Waals surface area contributed by atoms with Crippen LogP contribution in [-0.4, -0.2) is 59.7 Å². The van der Waals surface area contributed by atoms with E-state index in [1.165, 1.54) is 30.5 Å². The molecular formula is C31H30F3N5O6. The van der Waals surface area contributed by atoms with Gasteiger partial charge < -0.3 is 38.9 Å². The standard InChI is InChI=1S/C31H30F3N5O6/c32-31(33,34)45-27-7-1-22(2-8-27)20-42-25-9-3-23(4-10-25)36-15-17-37(18-16-36)24-5-11-26(12-6-24)43-21-28-13-14-38-19-29(39(40)41)35-30(38)44-28/h1-12,19,28H,13-18,20-21H2. The Hall–Kier alpha value is -5.14. The Bertz CT molecular complexity index is 1590. The van der Waals surface area contributed by atoms with Crippen LogP contribution in [0.15, 0.2) is 79.0 Å². The van der Waals surface area contributed by atoms with Crippen LogP contribution in [0.25, 0.3) is 0 Å². The number of piperazine rings is 1. The SMILES string of the molecule is O=[N+]([O-])c1cn2c(n1)OC(COc1ccc(N3CCN(c4ccc(OCc5ccc(OC(F)(F)F)cc5)cc4)CC3)cc1)CC2. The number of aryl methyl sites for hydroxylation is 1. The molecule has 1 atom stereocenters. The second-order valence-corrected chi connectivity index (χ2v) is 10.6. The average Bonchev–Trinajstić information content (AvgIpc) is 3.48. The van der Waals surface area contributed by atoms with Crippen LogP contribution in [0.4, 0.5) is 30.4 Å². The lowest BCUT2D eigenvalue weighted by Crippen LogP contribution is -2.46. The van der Waals surface area contributed by atoms with E-state index in [1.54, 1.807) is 4.57 Å². The Balaban J connectivity index is 0.932. The first-order chi connectivity index (χ1) is 21.7. The van der Waals surface area contributed by atoms with Crippen molar-refractivity contribution < 1.29 is 37.0 Å². The summed E-state index contributed by atoms with van der Waals surface area (Å²) in [5.41, 5.74) is 2.92. The predicted molar refractivity (Wildman–Crippen MR) is 158 cm³/mol. The van der Waals surface area contributed by atoms with Gasteiger partial charge in [-0.1, -0.05) is 12.1 Å². The van der Waals surface area contributed by atoms with Crippen molar-refractivity contribution in [3.63, 3.8) is 0 Å². The lowest BCUT2D eigenvalue weighted by atomic mass is 10.2. The lowest BCUT2D eigenvalue weighted by molar-refractivity contribution is -0.389. The number of benzene rings is 3. The van der Waals surface area contributed by atoms with Crippen molar-refractivity contribution in [2.45, 2.75) is 32.0 Å². The van der Waals surface area contributed by atoms with Crippen molar-refractivity contribution in [1.29, 1.82) is 0 Å². The zero-order valence-electron chi connectivity index (χ0n) is 24.1. The van der Waals surface area contributed by atoms with Gasteiger partial charge in [0.15, 0.2) is 0 Å². The van der Waals surface area contributed by atoms with Crippen LogP contribution in [0, 0.1) is 10.1 Å². The molecule has 4 aromatic rings. The van der Waals surface area contributed by atoms with Crippen LogP contribution < -0.4 is 28.7 Å². The van der Waals surface area contributed by atoms with Gasteiger partial charge in [-0.3, -0.25) is 4.57 Å². The van der Waals surface area contributed by atoms with Gasteiger partial charge in [0.1, 0.15) is 42.8 Å². The summed E-state index contributed by atoms with van der Waals surface area (Å²) in [5, 5.41) is 11.0. The van der Waals surface area contributed by atoms with Gasteiger partial charge in [0, 0.05) is 55.5 Å². The molecule has 1 unspecified atom stereocenters. The third-order valence-electron chi connectivity index (χ3n) is 7.56. The van der Waals surface area contributed by atoms with Crippen LogP contribution in [0.2, 0.25) is 0 Å². The highest BCUT2D eigenvalue weighted by Crippen LogP contribution is 2.28. The first kappa shape index (κ1) is 29.9. The molecule has 45 heavy (non-hydrogen) atoms. The summed E-state index contributed by atoms with van der Waals surface area (Å²) in [6, 6.07) is 21.6. The first-order valence-electron chi connectivity index (χ1n) is 14.4. The normalized spacial score (nSPS) is 16.5. The van der Waals surface area contributed by atoms with E-state index in [1.807, 2.05) is 48.5 Å². The van der Waals surface area contributed by atoms with Gasteiger partial charge in [0.25, 0.3) is 0 Å². The molecule has 0 aliphatic carbocycles. The molecular weight excluding hydrogens is 595 g/mol. The van der Waals surface area contributed by atoms with Crippen LogP contribution >= 0.6 is 0 Å². The van der Waals surface area contributed by atoms with Crippen LogP contribution in [0.1, 0.15) is 12.0 Å². The van der Waals surface area contributed by atoms with Crippen molar-refractivity contribution in [3.05, 3.63) is 94.7 Å². The monoisotopic (exact) mass is 625 g/mol. The highest BCUT2D eigenvalue weighted by atomic mass is 19.4. The van der Waals surface area contributed by atoms with Crippen LogP contribution in [0.5, 0.6) is 23.3 Å². The van der Waals surface area contributed by atoms with Gasteiger partial charge >= 0.3 is 18.2 Å². The van der Waals surface area contributed by atoms with Crippen molar-refractivity contribution in [3.8, 4) is 23.3 Å². The summed E-state index contributed by atoms with van der Waals surface area (Å²) in [6.45, 7) is 4.51. The molecule has 2 aliphatic heterocycles. The molecule has 3 heterocycles. The summed E-state index contributed by atoms with van der Waals surface area (Å²) < 4.78 is 60.0. The molecule has 0 saturated carbocycles. The molecule has 236 valence electrons. The Morgan fingerprint density at radius 1 is 0.822 bits per heavy atom. The molecule has 1 saturated heterocycles. The van der Waals surface area contributed by atoms with Crippen LogP contribution in [-0.2, 0) is 13.2 Å². The molecule has 0 radical (unpaired) electrons. The van der Waals surface area contributed by atoms with Gasteiger partial charge in [0.2, 0.25) is 0 Å². The minimum atomic E-state index is -4.72. The summed E-state index contributed by atoms with van der Waals surface area (Å²) in [7, 11) is 0. The second kappa shape index (κ2) is 12.8. The quantitative estimate of drug-likeness (QED) is 0.159. The molecule has 1 aromatic heterocycles. The maximum Gasteiger partial charge on any atom is 0.573 e. The Morgan fingerprint density at radius 2 is 1.38 bits per heavy atom. The summed E-state index contributed by atoms with van der Waals surface area (Å²) in [5.74, 6) is 0.893. The minimum Gasteiger partial charge on any atom is -0.490 e. The number of nitro groups is 1. The highest BCUT2D eigenvalue weighted by Gasteiger charge is 2.31. The summed E-state index contributed by atoms with van der Waals surface area (Å²) in [4.78, 5) is 19.0. The maximum absolute atomic E-state index is 12.3. The Kier molecular flexibility index (Phi) is 8.54. The van der Waals surface area contributed by atoms with Crippen molar-refractivity contribution >= 4 is 17.2 Å². The number of imidazole rings is 1. The minimum absolute atomic E-state index is 0.224. The maximum atomic E-state index is 12.3. The largest absolute Gasteiger partial charge is 0.573 e. The van der Waals surface area contributed by atoms with Crippen molar-refractivity contribution in [2.24, 2.45) is 0 Å². The fraction of sp³-hybridized carbons (Fsp3) is 0.323. The third-order valence-corrected chi connectivity index (χ3v) is 7.56. The molecule has 0 bridgehead atoms. The molecule has 6 rings (SSSR count). The van der Waals surface area contributed by atoms with Crippen LogP contribution in [0.3, 0.4) is 0 Å². The second-order valence-electron chi connectivity index (χ2n) is 10.6. The number of fused-ring (bicyclic) bond motifs is 1. The molecule has 0 N–H and O–H groups in total. The number of ether oxygens (including phenoxy) is 4. The molecule has 14 heteroatoms. The van der Waals surface area contributed by atoms with Crippen molar-refractivity contribution in [1.82, 2.24) is 9.55 Å². The zero-order valence-corrected chi connectivity index (χ0v) is 24.1. The number of anilines is 2. The molecule has 3 aromatic carbocycles. The van der Waals surface area contributed by atoms with Gasteiger partial charge in [0.05, 0.1) is 0 Å². The number of rotatable bonds is 10. The summed E-state index contributed by atoms with van der Waals surface area (Å²) >= 11 is 0. The van der Waals surface area contributed by atoms with Gasteiger partial charge in [-0.05, 0) is 71.2 Å². The molecule has 1 fully saturated rings. The van der Waals surface area contributed by atoms with E-state index in [0.717, 1.165) is 48.9 Å². The van der Waals surface area contributed by atoms with Gasteiger partial charge in [-0.25, -0.2) is 0 Å². The summed E-state index contributed by atoms with van der Waals surface area (Å²) in [6.07, 6.45) is -2.91. The predicted octanol–water partition coefficient (Wildman–Crippen LogP) is 5.83. The molecule has 2 aliphatic rings. The van der Waals surface area contributed by atoms with E-state index < -0.39 is 11.3 Å². The lowest BCUT2D eigenvalue weighted by Gasteiger charge is -2.37. The van der Waals surface area contributed by atoms with Gasteiger partial charge in [-0.2, -0.15) is 0 Å². The number of alkyl halides is 3. The highest BCUT2D eigenvalue weighted by molar-refractivity contribution is 5.54. The van der Waals surface area contributed by atoms with Gasteiger partial charge in [-0.15, -0.1) is 13.2 Å². The van der Waals surface area contributed by atoms with E-state index in [4.69, 9.17) is 14.2 Å². The van der Waals surface area contributed by atoms with Crippen molar-refractivity contribution in [2.75, 3.05) is 42.6 Å². The third kappa shape index (κ3) is 7.69. The Morgan fingerprint density at radius 3 is 1.93 bits per heavy atom. The molecule has 0 spiro atoms. The van der Waals surface area contributed by atoms with E-state index >= 15 is 0 Å². The molecule has 11 nitrogen and oxygen atoms in total. The molecule has 0 amide bonds. The van der Waals surface area contributed by atoms with E-state index in [0.29, 0.717) is 25.3 Å².